The standard InChI is InChI=1S/C19H18O4/c1-4-16-17(22-2)11-14(12-18(16)23-3)6-5-13-7-9-15(10-8-13)19(20)21/h4-12H,1H2,2-3H3,(H,20,21)/b6-5+. The number of rotatable bonds is 6. The van der Waals surface area contributed by atoms with E-state index in [4.69, 9.17) is 14.6 Å². The lowest BCUT2D eigenvalue weighted by atomic mass is 10.1. The lowest BCUT2D eigenvalue weighted by Gasteiger charge is -2.11. The van der Waals surface area contributed by atoms with Crippen LogP contribution in [0.25, 0.3) is 18.2 Å². The summed E-state index contributed by atoms with van der Waals surface area (Å²) in [5.74, 6) is 0.426. The molecule has 1 N–H and O–H groups in total. The normalized spacial score (nSPS) is 10.5. The summed E-state index contributed by atoms with van der Waals surface area (Å²) in [5, 5.41) is 8.89. The molecule has 0 saturated carbocycles. The number of carboxylic acids is 1. The van der Waals surface area contributed by atoms with E-state index in [2.05, 4.69) is 6.58 Å². The zero-order valence-electron chi connectivity index (χ0n) is 13.1. The average molecular weight is 310 g/mol. The van der Waals surface area contributed by atoms with Gasteiger partial charge in [0.05, 0.1) is 25.3 Å². The summed E-state index contributed by atoms with van der Waals surface area (Å²) < 4.78 is 10.7. The van der Waals surface area contributed by atoms with Crippen LogP contribution in [0.3, 0.4) is 0 Å². The molecule has 23 heavy (non-hydrogen) atoms. The van der Waals surface area contributed by atoms with Crippen molar-refractivity contribution >= 4 is 24.2 Å². The summed E-state index contributed by atoms with van der Waals surface area (Å²) in [7, 11) is 3.19. The minimum absolute atomic E-state index is 0.265. The number of benzene rings is 2. The van der Waals surface area contributed by atoms with Gasteiger partial charge in [-0.1, -0.05) is 36.9 Å². The van der Waals surface area contributed by atoms with Crippen LogP contribution in [0.15, 0.2) is 43.0 Å². The summed E-state index contributed by atoms with van der Waals surface area (Å²) in [6, 6.07) is 10.4. The Hall–Kier alpha value is -3.01. The SMILES string of the molecule is C=Cc1c(OC)cc(/C=C/c2ccc(C(=O)O)cc2)cc1OC. The summed E-state index contributed by atoms with van der Waals surface area (Å²) in [4.78, 5) is 10.8. The molecule has 0 unspecified atom stereocenters. The van der Waals surface area contributed by atoms with Crippen molar-refractivity contribution < 1.29 is 19.4 Å². The van der Waals surface area contributed by atoms with E-state index in [0.29, 0.717) is 11.5 Å². The Balaban J connectivity index is 2.31. The smallest absolute Gasteiger partial charge is 0.335 e. The summed E-state index contributed by atoms with van der Waals surface area (Å²) in [5.41, 5.74) is 2.88. The van der Waals surface area contributed by atoms with E-state index < -0.39 is 5.97 Å². The largest absolute Gasteiger partial charge is 0.496 e. The highest BCUT2D eigenvalue weighted by Gasteiger charge is 2.08. The quantitative estimate of drug-likeness (QED) is 0.812. The van der Waals surface area contributed by atoms with Crippen molar-refractivity contribution in [2.45, 2.75) is 0 Å². The van der Waals surface area contributed by atoms with Crippen molar-refractivity contribution in [3.63, 3.8) is 0 Å². The Bertz CT molecular complexity index is 717. The Morgan fingerprint density at radius 3 is 1.96 bits per heavy atom. The molecule has 0 atom stereocenters. The zero-order chi connectivity index (χ0) is 16.8. The molecule has 0 amide bonds. The fourth-order valence-electron chi connectivity index (χ4n) is 2.19. The predicted octanol–water partition coefficient (Wildman–Crippen LogP) is 4.22. The van der Waals surface area contributed by atoms with Crippen molar-refractivity contribution in [1.29, 1.82) is 0 Å². The lowest BCUT2D eigenvalue weighted by molar-refractivity contribution is 0.0697. The van der Waals surface area contributed by atoms with Gasteiger partial charge in [-0.25, -0.2) is 4.79 Å². The van der Waals surface area contributed by atoms with Crippen LogP contribution >= 0.6 is 0 Å². The molecular weight excluding hydrogens is 292 g/mol. The second-order valence-corrected chi connectivity index (χ2v) is 4.80. The Labute approximate surface area is 135 Å². The van der Waals surface area contributed by atoms with E-state index in [-0.39, 0.29) is 5.56 Å². The van der Waals surface area contributed by atoms with Gasteiger partial charge in [-0.15, -0.1) is 0 Å². The van der Waals surface area contributed by atoms with E-state index in [9.17, 15) is 4.79 Å². The van der Waals surface area contributed by atoms with Gasteiger partial charge in [0.15, 0.2) is 0 Å². The summed E-state index contributed by atoms with van der Waals surface area (Å²) in [6.07, 6.45) is 5.50. The van der Waals surface area contributed by atoms with Crippen molar-refractivity contribution in [2.75, 3.05) is 14.2 Å². The molecule has 0 fully saturated rings. The Morgan fingerprint density at radius 2 is 1.52 bits per heavy atom. The number of hydrogen-bond donors (Lipinski definition) is 1. The highest BCUT2D eigenvalue weighted by Crippen LogP contribution is 2.32. The third kappa shape index (κ3) is 3.80. The zero-order valence-corrected chi connectivity index (χ0v) is 13.1. The van der Waals surface area contributed by atoms with Crippen LogP contribution in [0.2, 0.25) is 0 Å². The number of carboxylic acid groups (broad SMARTS) is 1. The van der Waals surface area contributed by atoms with Crippen LogP contribution in [-0.4, -0.2) is 25.3 Å². The lowest BCUT2D eigenvalue weighted by Crippen LogP contribution is -1.94. The molecule has 0 aliphatic heterocycles. The van der Waals surface area contributed by atoms with E-state index in [1.54, 1.807) is 44.6 Å². The minimum Gasteiger partial charge on any atom is -0.496 e. The second-order valence-electron chi connectivity index (χ2n) is 4.80. The maximum Gasteiger partial charge on any atom is 0.335 e. The topological polar surface area (TPSA) is 55.8 Å². The maximum absolute atomic E-state index is 10.8. The van der Waals surface area contributed by atoms with Gasteiger partial charge in [0.2, 0.25) is 0 Å². The van der Waals surface area contributed by atoms with Crippen molar-refractivity contribution in [3.05, 3.63) is 65.2 Å². The first-order chi connectivity index (χ1) is 11.1. The van der Waals surface area contributed by atoms with E-state index in [1.165, 1.54) is 0 Å². The number of aromatic carboxylic acids is 1. The van der Waals surface area contributed by atoms with E-state index in [0.717, 1.165) is 16.7 Å². The van der Waals surface area contributed by atoms with Gasteiger partial charge >= 0.3 is 5.97 Å². The molecule has 0 aromatic heterocycles. The molecular formula is C19H18O4. The molecule has 0 aliphatic rings. The molecule has 0 spiro atoms. The van der Waals surface area contributed by atoms with Crippen molar-refractivity contribution in [1.82, 2.24) is 0 Å². The van der Waals surface area contributed by atoms with Crippen LogP contribution in [0.4, 0.5) is 0 Å². The number of ether oxygens (including phenoxy) is 2. The van der Waals surface area contributed by atoms with Gasteiger partial charge in [-0.05, 0) is 35.4 Å². The number of carbonyl (C=O) groups is 1. The number of methoxy groups -OCH3 is 2. The van der Waals surface area contributed by atoms with Crippen LogP contribution in [0.1, 0.15) is 27.0 Å². The molecule has 2 aromatic carbocycles. The minimum atomic E-state index is -0.935. The summed E-state index contributed by atoms with van der Waals surface area (Å²) >= 11 is 0. The van der Waals surface area contributed by atoms with Crippen LogP contribution in [-0.2, 0) is 0 Å². The van der Waals surface area contributed by atoms with Crippen molar-refractivity contribution in [2.24, 2.45) is 0 Å². The fourth-order valence-corrected chi connectivity index (χ4v) is 2.19. The maximum atomic E-state index is 10.8. The first-order valence-electron chi connectivity index (χ1n) is 6.99. The summed E-state index contributed by atoms with van der Waals surface area (Å²) in [6.45, 7) is 3.77. The van der Waals surface area contributed by atoms with Crippen LogP contribution < -0.4 is 9.47 Å². The molecule has 0 radical (unpaired) electrons. The molecule has 0 heterocycles. The second kappa shape index (κ2) is 7.31. The Kier molecular flexibility index (Phi) is 5.20. The van der Waals surface area contributed by atoms with Gasteiger partial charge in [-0.3, -0.25) is 0 Å². The molecule has 0 saturated heterocycles. The van der Waals surface area contributed by atoms with Gasteiger partial charge in [0, 0.05) is 0 Å². The van der Waals surface area contributed by atoms with Gasteiger partial charge in [-0.2, -0.15) is 0 Å². The fraction of sp³-hybridized carbons (Fsp3) is 0.105. The molecule has 0 bridgehead atoms. The van der Waals surface area contributed by atoms with Crippen LogP contribution in [0.5, 0.6) is 11.5 Å². The monoisotopic (exact) mass is 310 g/mol. The molecule has 118 valence electrons. The molecule has 4 heteroatoms. The van der Waals surface area contributed by atoms with E-state index >= 15 is 0 Å². The van der Waals surface area contributed by atoms with Gasteiger partial charge in [0.25, 0.3) is 0 Å². The molecule has 0 aliphatic carbocycles. The first kappa shape index (κ1) is 16.4. The van der Waals surface area contributed by atoms with E-state index in [1.807, 2.05) is 24.3 Å². The Morgan fingerprint density at radius 1 is 1.00 bits per heavy atom. The van der Waals surface area contributed by atoms with Gasteiger partial charge in [0.1, 0.15) is 11.5 Å². The average Bonchev–Trinajstić information content (AvgIpc) is 2.59. The molecule has 2 aromatic rings. The highest BCUT2D eigenvalue weighted by molar-refractivity contribution is 5.88. The van der Waals surface area contributed by atoms with Crippen LogP contribution in [0, 0.1) is 0 Å². The highest BCUT2D eigenvalue weighted by atomic mass is 16.5. The molecule has 4 nitrogen and oxygen atoms in total. The van der Waals surface area contributed by atoms with Crippen molar-refractivity contribution in [3.8, 4) is 11.5 Å². The molecule has 2 rings (SSSR count). The number of hydrogen-bond acceptors (Lipinski definition) is 3. The third-order valence-electron chi connectivity index (χ3n) is 3.40. The third-order valence-corrected chi connectivity index (χ3v) is 3.40. The first-order valence-corrected chi connectivity index (χ1v) is 6.99. The van der Waals surface area contributed by atoms with Gasteiger partial charge < -0.3 is 14.6 Å². The predicted molar refractivity (Wildman–Crippen MR) is 92.0 cm³/mol.